The van der Waals surface area contributed by atoms with Gasteiger partial charge in [0.25, 0.3) is 0 Å². The topological polar surface area (TPSA) is 88.0 Å². The Kier molecular flexibility index (Phi) is 2.12. The number of hydrogen-bond acceptors (Lipinski definition) is 4. The second kappa shape index (κ2) is 3.32. The Hall–Kier alpha value is -1.95. The molecule has 6 heteroatoms. The summed E-state index contributed by atoms with van der Waals surface area (Å²) >= 11 is 0. The number of H-pyrrole nitrogens is 1. The molecule has 2 aromatic heterocycles. The lowest BCUT2D eigenvalue weighted by atomic mass is 10.3. The number of aryl methyl sites for hydroxylation is 1. The van der Waals surface area contributed by atoms with Crippen LogP contribution in [0.2, 0.25) is 0 Å². The first kappa shape index (κ1) is 9.60. The van der Waals surface area contributed by atoms with E-state index in [1.54, 1.807) is 6.07 Å². The van der Waals surface area contributed by atoms with Crippen LogP contribution in [0.1, 0.15) is 5.56 Å². The van der Waals surface area contributed by atoms with Gasteiger partial charge in [-0.2, -0.15) is 0 Å². The number of fused-ring (bicyclic) bond motifs is 1. The van der Waals surface area contributed by atoms with E-state index in [1.165, 1.54) is 17.8 Å². The van der Waals surface area contributed by atoms with E-state index in [0.29, 0.717) is 16.7 Å². The quantitative estimate of drug-likeness (QED) is 0.594. The van der Waals surface area contributed by atoms with Crippen molar-refractivity contribution in [3.8, 4) is 0 Å². The van der Waals surface area contributed by atoms with E-state index in [1.807, 2.05) is 0 Å². The van der Waals surface area contributed by atoms with Crippen LogP contribution < -0.4 is 11.1 Å². The number of pyridine rings is 1. The van der Waals surface area contributed by atoms with Crippen molar-refractivity contribution in [3.63, 3.8) is 0 Å². The van der Waals surface area contributed by atoms with E-state index in [4.69, 9.17) is 5.11 Å². The third kappa shape index (κ3) is 1.44. The zero-order valence-corrected chi connectivity index (χ0v) is 8.02. The fourth-order valence-corrected chi connectivity index (χ4v) is 1.36. The van der Waals surface area contributed by atoms with E-state index >= 15 is 0 Å². The zero-order valence-electron chi connectivity index (χ0n) is 8.02. The van der Waals surface area contributed by atoms with Crippen molar-refractivity contribution in [1.29, 1.82) is 0 Å². The number of rotatable bonds is 1. The highest BCUT2D eigenvalue weighted by Gasteiger charge is 2.05. The van der Waals surface area contributed by atoms with Crippen LogP contribution in [-0.2, 0) is 13.7 Å². The molecule has 0 aliphatic carbocycles. The van der Waals surface area contributed by atoms with Crippen LogP contribution in [-0.4, -0.2) is 19.6 Å². The molecule has 2 aromatic rings. The number of aromatic amines is 1. The van der Waals surface area contributed by atoms with Crippen molar-refractivity contribution in [2.45, 2.75) is 6.61 Å². The fraction of sp³-hybridized carbons (Fsp3) is 0.222. The first-order chi connectivity index (χ1) is 7.13. The van der Waals surface area contributed by atoms with Crippen LogP contribution in [0.5, 0.6) is 0 Å². The molecular formula is C9H9N3O3. The van der Waals surface area contributed by atoms with E-state index in [-0.39, 0.29) is 6.61 Å². The molecule has 0 fully saturated rings. The molecule has 0 amide bonds. The van der Waals surface area contributed by atoms with Crippen molar-refractivity contribution >= 4 is 11.2 Å². The van der Waals surface area contributed by atoms with E-state index in [2.05, 4.69) is 9.97 Å². The minimum atomic E-state index is -0.700. The molecule has 0 aliphatic rings. The Labute approximate surface area is 83.8 Å². The third-order valence-electron chi connectivity index (χ3n) is 2.20. The second-order valence-electron chi connectivity index (χ2n) is 3.19. The molecule has 0 saturated carbocycles. The molecule has 0 unspecified atom stereocenters. The summed E-state index contributed by atoms with van der Waals surface area (Å²) in [5.41, 5.74) is 0.0728. The molecule has 2 N–H and O–H groups in total. The largest absolute Gasteiger partial charge is 0.392 e. The average molecular weight is 207 g/mol. The van der Waals surface area contributed by atoms with Crippen LogP contribution >= 0.6 is 0 Å². The molecule has 0 atom stereocenters. The maximum absolute atomic E-state index is 11.3. The van der Waals surface area contributed by atoms with Gasteiger partial charge in [-0.3, -0.25) is 9.59 Å². The minimum Gasteiger partial charge on any atom is -0.392 e. The van der Waals surface area contributed by atoms with Crippen molar-refractivity contribution < 1.29 is 5.11 Å². The molecular weight excluding hydrogens is 198 g/mol. The molecule has 0 aliphatic heterocycles. The van der Waals surface area contributed by atoms with Gasteiger partial charge in [0.1, 0.15) is 0 Å². The standard InChI is InChI=1S/C9H9N3O3/c1-12-6-2-5(4-13)3-10-7(6)11-8(14)9(12)15/h2-3,13H,4H2,1H3,(H,10,11,14). The highest BCUT2D eigenvalue weighted by Crippen LogP contribution is 2.06. The van der Waals surface area contributed by atoms with Crippen molar-refractivity contribution in [3.05, 3.63) is 38.5 Å². The lowest BCUT2D eigenvalue weighted by Crippen LogP contribution is -2.35. The number of hydrogen-bond donors (Lipinski definition) is 2. The molecule has 0 radical (unpaired) electrons. The molecule has 0 spiro atoms. The highest BCUT2D eigenvalue weighted by atomic mass is 16.3. The van der Waals surface area contributed by atoms with Crippen LogP contribution in [0.25, 0.3) is 11.2 Å². The summed E-state index contributed by atoms with van der Waals surface area (Å²) in [6, 6.07) is 1.61. The fourth-order valence-electron chi connectivity index (χ4n) is 1.36. The van der Waals surface area contributed by atoms with Gasteiger partial charge >= 0.3 is 11.1 Å². The van der Waals surface area contributed by atoms with E-state index in [0.717, 1.165) is 0 Å². The van der Waals surface area contributed by atoms with Gasteiger partial charge in [0, 0.05) is 13.2 Å². The molecule has 6 nitrogen and oxygen atoms in total. The van der Waals surface area contributed by atoms with Gasteiger partial charge in [-0.1, -0.05) is 0 Å². The van der Waals surface area contributed by atoms with Gasteiger partial charge in [0.15, 0.2) is 5.65 Å². The number of nitrogens with zero attached hydrogens (tertiary/aromatic N) is 2. The van der Waals surface area contributed by atoms with Crippen LogP contribution in [0, 0.1) is 0 Å². The maximum atomic E-state index is 11.3. The molecule has 15 heavy (non-hydrogen) atoms. The van der Waals surface area contributed by atoms with Crippen LogP contribution in [0.3, 0.4) is 0 Å². The first-order valence-electron chi connectivity index (χ1n) is 4.32. The summed E-state index contributed by atoms with van der Waals surface area (Å²) < 4.78 is 1.21. The van der Waals surface area contributed by atoms with Crippen molar-refractivity contribution in [2.24, 2.45) is 7.05 Å². The second-order valence-corrected chi connectivity index (χ2v) is 3.19. The van der Waals surface area contributed by atoms with Gasteiger partial charge in [-0.25, -0.2) is 4.98 Å². The van der Waals surface area contributed by atoms with Gasteiger partial charge in [0.05, 0.1) is 12.1 Å². The third-order valence-corrected chi connectivity index (χ3v) is 2.20. The number of aliphatic hydroxyl groups is 1. The molecule has 2 heterocycles. The predicted molar refractivity (Wildman–Crippen MR) is 53.5 cm³/mol. The molecule has 2 rings (SSSR count). The molecule has 0 bridgehead atoms. The number of aromatic nitrogens is 3. The van der Waals surface area contributed by atoms with Gasteiger partial charge in [-0.05, 0) is 11.6 Å². The Morgan fingerprint density at radius 3 is 2.93 bits per heavy atom. The summed E-state index contributed by atoms with van der Waals surface area (Å²) in [5.74, 6) is 0. The van der Waals surface area contributed by atoms with Gasteiger partial charge < -0.3 is 14.7 Å². The number of aliphatic hydroxyl groups excluding tert-OH is 1. The Bertz CT molecular complexity index is 627. The van der Waals surface area contributed by atoms with E-state index < -0.39 is 11.1 Å². The summed E-state index contributed by atoms with van der Waals surface area (Å²) in [6.07, 6.45) is 1.45. The Balaban J connectivity index is 2.94. The first-order valence-corrected chi connectivity index (χ1v) is 4.32. The summed E-state index contributed by atoms with van der Waals surface area (Å²) in [5, 5.41) is 8.91. The normalized spacial score (nSPS) is 10.8. The van der Waals surface area contributed by atoms with Crippen molar-refractivity contribution in [2.75, 3.05) is 0 Å². The van der Waals surface area contributed by atoms with Crippen molar-refractivity contribution in [1.82, 2.24) is 14.5 Å². The summed E-state index contributed by atoms with van der Waals surface area (Å²) in [7, 11) is 1.49. The molecule has 78 valence electrons. The maximum Gasteiger partial charge on any atom is 0.316 e. The zero-order chi connectivity index (χ0) is 11.0. The summed E-state index contributed by atoms with van der Waals surface area (Å²) in [6.45, 7) is -0.156. The predicted octanol–water partition coefficient (Wildman–Crippen LogP) is -0.886. The van der Waals surface area contributed by atoms with E-state index in [9.17, 15) is 9.59 Å². The highest BCUT2D eigenvalue weighted by molar-refractivity contribution is 5.70. The van der Waals surface area contributed by atoms with Crippen LogP contribution in [0.4, 0.5) is 0 Å². The smallest absolute Gasteiger partial charge is 0.316 e. The Morgan fingerprint density at radius 2 is 2.27 bits per heavy atom. The lowest BCUT2D eigenvalue weighted by Gasteiger charge is -2.03. The number of nitrogens with one attached hydrogen (secondary N) is 1. The van der Waals surface area contributed by atoms with Gasteiger partial charge in [-0.15, -0.1) is 0 Å². The summed E-state index contributed by atoms with van der Waals surface area (Å²) in [4.78, 5) is 28.7. The monoisotopic (exact) mass is 207 g/mol. The molecule has 0 saturated heterocycles. The average Bonchev–Trinajstić information content (AvgIpc) is 2.26. The van der Waals surface area contributed by atoms with Crippen LogP contribution in [0.15, 0.2) is 21.9 Å². The molecule has 0 aromatic carbocycles. The Morgan fingerprint density at radius 1 is 1.53 bits per heavy atom. The lowest BCUT2D eigenvalue weighted by molar-refractivity contribution is 0.281. The minimum absolute atomic E-state index is 0.156. The SMILES string of the molecule is Cn1c(=O)c(=O)[nH]c2ncc(CO)cc21. The van der Waals surface area contributed by atoms with Gasteiger partial charge in [0.2, 0.25) is 0 Å².